The van der Waals surface area contributed by atoms with Crippen molar-refractivity contribution in [2.24, 2.45) is 17.4 Å². The first-order valence-corrected chi connectivity index (χ1v) is 25.4. The number of ketones is 1. The topological polar surface area (TPSA) is 394 Å². The third-order valence-electron chi connectivity index (χ3n) is 12.0. The van der Waals surface area contributed by atoms with E-state index >= 15 is 0 Å². The summed E-state index contributed by atoms with van der Waals surface area (Å²) >= 11 is 0.981. The number of nitrogens with one attached hydrogen (secondary N) is 7. The number of carbonyl (C=O) groups excluding carboxylic acids is 10. The van der Waals surface area contributed by atoms with Gasteiger partial charge in [-0.3, -0.25) is 57.7 Å². The average Bonchev–Trinajstić information content (AvgIpc) is 3.58. The van der Waals surface area contributed by atoms with E-state index in [2.05, 4.69) is 37.2 Å². The molecule has 71 heavy (non-hydrogen) atoms. The molecule has 0 bridgehead atoms. The number of aliphatic hydroxyl groups is 4. The molecule has 0 radical (unpaired) electrons. The van der Waals surface area contributed by atoms with Crippen LogP contribution in [0.1, 0.15) is 98.8 Å². The number of hydrogen-bond acceptors (Lipinski definition) is 18. The van der Waals surface area contributed by atoms with Crippen LogP contribution in [0, 0.1) is 5.92 Å². The summed E-state index contributed by atoms with van der Waals surface area (Å²) in [5, 5.41) is 56.7. The van der Waals surface area contributed by atoms with Crippen LogP contribution in [0.4, 0.5) is 0 Å². The molecule has 0 aromatic carbocycles. The van der Waals surface area contributed by atoms with Gasteiger partial charge in [0, 0.05) is 32.2 Å². The van der Waals surface area contributed by atoms with E-state index in [9.17, 15) is 68.4 Å². The van der Waals surface area contributed by atoms with Gasteiger partial charge < -0.3 is 69.1 Å². The fourth-order valence-corrected chi connectivity index (χ4v) is 9.12. The molecule has 2 fully saturated rings. The number of rotatable bonds is 33. The zero-order chi connectivity index (χ0) is 53.4. The van der Waals surface area contributed by atoms with Crippen LogP contribution < -0.4 is 48.7 Å². The van der Waals surface area contributed by atoms with Crippen LogP contribution >= 0.6 is 11.8 Å². The second-order valence-electron chi connectivity index (χ2n) is 18.4. The average molecular weight is 1030 g/mol. The summed E-state index contributed by atoms with van der Waals surface area (Å²) in [7, 11) is 0. The Kier molecular flexibility index (Phi) is 28.3. The Labute approximate surface area is 419 Å². The normalized spacial score (nSPS) is 21.4. The van der Waals surface area contributed by atoms with Gasteiger partial charge in [0.2, 0.25) is 53.2 Å². The Bertz CT molecular complexity index is 1810. The van der Waals surface area contributed by atoms with E-state index in [0.29, 0.717) is 58.0 Å². The van der Waals surface area contributed by atoms with Crippen LogP contribution in [-0.4, -0.2) is 207 Å². The number of carbonyl (C=O) groups is 10. The Morgan fingerprint density at radius 2 is 1.24 bits per heavy atom. The molecule has 2 saturated heterocycles. The second-order valence-corrected chi connectivity index (χ2v) is 19.7. The van der Waals surface area contributed by atoms with Gasteiger partial charge in [0.1, 0.15) is 36.4 Å². The zero-order valence-corrected chi connectivity index (χ0v) is 42.4. The summed E-state index contributed by atoms with van der Waals surface area (Å²) in [5.41, 5.74) is 11.2. The number of piperidine rings is 1. The number of thioether (sulfide) groups is 1. The van der Waals surface area contributed by atoms with Crippen molar-refractivity contribution in [3.05, 3.63) is 0 Å². The van der Waals surface area contributed by atoms with E-state index in [-0.39, 0.29) is 56.4 Å². The number of aliphatic hydroxyl groups excluding tert-OH is 4. The third kappa shape index (κ3) is 21.8. The van der Waals surface area contributed by atoms with Crippen LogP contribution in [0.2, 0.25) is 0 Å². The number of hydrogen-bond donors (Lipinski definition) is 13. The predicted octanol–water partition coefficient (Wildman–Crippen LogP) is -5.02. The Hall–Kier alpha value is -4.83. The highest BCUT2D eigenvalue weighted by Crippen LogP contribution is 2.27. The maximum Gasteiger partial charge on any atom is 0.244 e. The van der Waals surface area contributed by atoms with Crippen molar-refractivity contribution in [3.8, 4) is 0 Å². The van der Waals surface area contributed by atoms with Gasteiger partial charge in [-0.2, -0.15) is 0 Å². The first kappa shape index (κ1) is 62.3. The number of likely N-dealkylation sites (tertiary alicyclic amines) is 2. The summed E-state index contributed by atoms with van der Waals surface area (Å²) in [6.07, 6.45) is -0.621. The molecule has 25 nitrogen and oxygen atoms in total. The molecule has 404 valence electrons. The Morgan fingerprint density at radius 3 is 1.82 bits per heavy atom. The maximum absolute atomic E-state index is 13.6. The summed E-state index contributed by atoms with van der Waals surface area (Å²) in [4.78, 5) is 132. The molecule has 26 heteroatoms. The Morgan fingerprint density at radius 1 is 0.676 bits per heavy atom. The van der Waals surface area contributed by atoms with E-state index in [1.165, 1.54) is 20.8 Å². The highest BCUT2D eigenvalue weighted by atomic mass is 32.2. The van der Waals surface area contributed by atoms with Crippen molar-refractivity contribution in [1.29, 1.82) is 0 Å². The molecular weight excluding hydrogens is 951 g/mol. The highest BCUT2D eigenvalue weighted by molar-refractivity contribution is 8.00. The van der Waals surface area contributed by atoms with Crippen LogP contribution in [0.25, 0.3) is 0 Å². The lowest BCUT2D eigenvalue weighted by atomic mass is 9.94. The van der Waals surface area contributed by atoms with Gasteiger partial charge in [-0.25, -0.2) is 0 Å². The number of Topliss-reactive ketones (excluding diaryl/α,β-unsaturated/α-hetero) is 1. The fraction of sp³-hybridized carbons (Fsp3) is 0.778. The zero-order valence-electron chi connectivity index (χ0n) is 41.6. The lowest BCUT2D eigenvalue weighted by Gasteiger charge is -2.43. The number of imide groups is 1. The lowest BCUT2D eigenvalue weighted by molar-refractivity contribution is -0.145. The minimum atomic E-state index is -1.40. The number of nitrogens with two attached hydrogens (primary N) is 2. The summed E-state index contributed by atoms with van der Waals surface area (Å²) in [6, 6.07) is -6.13. The number of β-amino-alcohol motifs (C(OH)–C–C–N with tert-alkyl or cyclic N) is 1. The largest absolute Gasteiger partial charge is 0.395 e. The van der Waals surface area contributed by atoms with Crippen LogP contribution in [0.15, 0.2) is 0 Å². The monoisotopic (exact) mass is 1030 g/mol. The Balaban J connectivity index is 1.94. The molecule has 6 unspecified atom stereocenters. The molecule has 2 aliphatic heterocycles. The molecular formula is C45H79N11O14S. The van der Waals surface area contributed by atoms with E-state index in [0.717, 1.165) is 16.7 Å². The summed E-state index contributed by atoms with van der Waals surface area (Å²) < 4.78 is 0. The van der Waals surface area contributed by atoms with Crippen molar-refractivity contribution < 1.29 is 68.4 Å². The molecule has 2 aliphatic rings. The van der Waals surface area contributed by atoms with Crippen molar-refractivity contribution in [2.75, 3.05) is 58.2 Å². The predicted molar refractivity (Wildman–Crippen MR) is 260 cm³/mol. The van der Waals surface area contributed by atoms with E-state index in [1.807, 2.05) is 13.8 Å². The van der Waals surface area contributed by atoms with E-state index in [1.54, 1.807) is 4.90 Å². The van der Waals surface area contributed by atoms with Gasteiger partial charge in [-0.15, -0.1) is 11.8 Å². The first-order valence-electron chi connectivity index (χ1n) is 24.3. The fourth-order valence-electron chi connectivity index (χ4n) is 7.93. The first-order chi connectivity index (χ1) is 33.5. The molecule has 9 amide bonds. The molecule has 0 saturated carbocycles. The molecule has 0 aromatic rings. The van der Waals surface area contributed by atoms with Gasteiger partial charge >= 0.3 is 0 Å². The lowest BCUT2D eigenvalue weighted by Crippen LogP contribution is -2.62. The van der Waals surface area contributed by atoms with Crippen molar-refractivity contribution in [1.82, 2.24) is 47.0 Å². The molecule has 0 aromatic heterocycles. The SMILES string of the molecule is CC(=O)NC(CSC1CC(=O)N(CCCCN2C[C@H](O)[C@@H](O)[C@@H](O)[C@H]2CO)C1=O)C(=O)NC(CCCCN)C(=O)NCC(=O)NCC(=O)NC(C)C(=O)NC(CCCCN)C(=O)NC(CC(C)C)C(C)=O. The third-order valence-corrected chi connectivity index (χ3v) is 13.3. The van der Waals surface area contributed by atoms with Gasteiger partial charge in [0.05, 0.1) is 43.1 Å². The van der Waals surface area contributed by atoms with Gasteiger partial charge in [-0.1, -0.05) is 13.8 Å². The van der Waals surface area contributed by atoms with Crippen molar-refractivity contribution in [3.63, 3.8) is 0 Å². The van der Waals surface area contributed by atoms with E-state index < -0.39 is 133 Å². The van der Waals surface area contributed by atoms with Gasteiger partial charge in [0.15, 0.2) is 5.78 Å². The van der Waals surface area contributed by atoms with Crippen LogP contribution in [0.3, 0.4) is 0 Å². The molecule has 0 spiro atoms. The molecule has 2 rings (SSSR count). The van der Waals surface area contributed by atoms with Gasteiger partial charge in [0.25, 0.3) is 0 Å². The van der Waals surface area contributed by atoms with Crippen molar-refractivity contribution in [2.45, 2.75) is 159 Å². The van der Waals surface area contributed by atoms with Gasteiger partial charge in [-0.05, 0) is 97.2 Å². The summed E-state index contributed by atoms with van der Waals surface area (Å²) in [6.45, 7) is 7.15. The summed E-state index contributed by atoms with van der Waals surface area (Å²) in [5.74, 6) is -6.09. The number of amides is 9. The molecule has 15 N–H and O–H groups in total. The van der Waals surface area contributed by atoms with E-state index in [4.69, 9.17) is 11.5 Å². The minimum absolute atomic E-state index is 0.0188. The molecule has 0 aliphatic carbocycles. The van der Waals surface area contributed by atoms with Crippen LogP contribution in [-0.2, 0) is 47.9 Å². The molecule has 2 heterocycles. The smallest absolute Gasteiger partial charge is 0.244 e. The number of unbranched alkanes of at least 4 members (excludes halogenated alkanes) is 3. The minimum Gasteiger partial charge on any atom is -0.395 e. The standard InChI is InChI=1S/C45H79N11O14S/c1-25(2)18-31(27(4)58)54-43(68)30(13-7-9-15-47)52-41(66)26(3)50-37(62)21-48-36(61)20-49-42(67)29(12-6-8-14-46)53-44(69)32(51-28(5)59)24-71-35-19-38(63)56(45(35)70)17-11-10-16-55-22-34(60)40(65)39(64)33(55)23-57/h25-26,29-35,39-40,57,60,64-65H,6-24,46-47H2,1-5H3,(H,48,61)(H,49,67)(H,50,62)(H,51,59)(H,52,66)(H,53,69)(H,54,68)/t26?,29?,30?,31?,32?,33-,34+,35?,39+,40-/m1/s1. The van der Waals surface area contributed by atoms with Crippen molar-refractivity contribution >= 4 is 70.7 Å². The van der Waals surface area contributed by atoms with Crippen LogP contribution in [0.5, 0.6) is 0 Å². The second kappa shape index (κ2) is 32.3. The highest BCUT2D eigenvalue weighted by Gasteiger charge is 2.42. The molecule has 10 atom stereocenters. The maximum atomic E-state index is 13.6. The quantitative estimate of drug-likeness (QED) is 0.0216. The number of nitrogens with zero attached hydrogens (tertiary/aromatic N) is 2.